The Morgan fingerprint density at radius 1 is 1.35 bits per heavy atom. The number of rotatable bonds is 3. The van der Waals surface area contributed by atoms with Gasteiger partial charge in [0.25, 0.3) is 9.05 Å². The maximum atomic E-state index is 11.4. The minimum Gasteiger partial charge on any atom is -0.313 e. The normalized spacial score (nSPS) is 15.3. The van der Waals surface area contributed by atoms with E-state index in [1.54, 1.807) is 6.92 Å². The molecule has 0 N–H and O–H groups in total. The number of nitrogens with zero attached hydrogens (tertiary/aromatic N) is 5. The Balaban J connectivity index is 1.91. The highest BCUT2D eigenvalue weighted by Crippen LogP contribution is 2.19. The first-order valence-electron chi connectivity index (χ1n) is 6.35. The topological polar surface area (TPSA) is 82.7 Å². The summed E-state index contributed by atoms with van der Waals surface area (Å²) in [6.07, 6.45) is 4.61. The van der Waals surface area contributed by atoms with Crippen LogP contribution < -0.4 is 0 Å². The van der Waals surface area contributed by atoms with Gasteiger partial charge in [-0.05, 0) is 19.8 Å². The number of halogens is 1. The van der Waals surface area contributed by atoms with Crippen molar-refractivity contribution in [3.63, 3.8) is 0 Å². The molecule has 0 unspecified atom stereocenters. The predicted molar refractivity (Wildman–Crippen MR) is 72.1 cm³/mol. The summed E-state index contributed by atoms with van der Waals surface area (Å²) in [7, 11) is 1.60. The van der Waals surface area contributed by atoms with Gasteiger partial charge in [0.2, 0.25) is 0 Å². The van der Waals surface area contributed by atoms with Gasteiger partial charge in [0.15, 0.2) is 5.82 Å². The van der Waals surface area contributed by atoms with Crippen LogP contribution in [0.4, 0.5) is 0 Å². The molecule has 7 nitrogen and oxygen atoms in total. The zero-order valence-corrected chi connectivity index (χ0v) is 12.5. The van der Waals surface area contributed by atoms with Crippen molar-refractivity contribution in [1.29, 1.82) is 0 Å². The van der Waals surface area contributed by atoms with Crippen molar-refractivity contribution in [1.82, 2.24) is 24.5 Å². The van der Waals surface area contributed by atoms with Crippen molar-refractivity contribution in [2.45, 2.75) is 44.2 Å². The highest BCUT2D eigenvalue weighted by Gasteiger charge is 2.20. The third-order valence-electron chi connectivity index (χ3n) is 3.40. The fraction of sp³-hybridized carbons (Fsp3) is 0.545. The van der Waals surface area contributed by atoms with Crippen LogP contribution in [0.5, 0.6) is 0 Å². The lowest BCUT2D eigenvalue weighted by molar-refractivity contribution is 0.495. The monoisotopic (exact) mass is 315 g/mol. The second kappa shape index (κ2) is 4.85. The molecule has 0 aliphatic carbocycles. The molecule has 0 amide bonds. The van der Waals surface area contributed by atoms with E-state index in [4.69, 9.17) is 10.7 Å². The van der Waals surface area contributed by atoms with Crippen molar-refractivity contribution in [3.05, 3.63) is 23.5 Å². The number of hydrogen-bond acceptors (Lipinski definition) is 5. The van der Waals surface area contributed by atoms with Crippen LogP contribution in [-0.4, -0.2) is 33.0 Å². The van der Waals surface area contributed by atoms with E-state index >= 15 is 0 Å². The molecule has 9 heteroatoms. The summed E-state index contributed by atoms with van der Waals surface area (Å²) < 4.78 is 26.4. The molecule has 0 bridgehead atoms. The molecule has 108 valence electrons. The van der Waals surface area contributed by atoms with Gasteiger partial charge in [-0.15, -0.1) is 10.2 Å². The van der Waals surface area contributed by atoms with Crippen LogP contribution in [0, 0.1) is 6.92 Å². The largest absolute Gasteiger partial charge is 0.313 e. The Kier molecular flexibility index (Phi) is 3.29. The quantitative estimate of drug-likeness (QED) is 0.792. The van der Waals surface area contributed by atoms with Crippen LogP contribution in [0.3, 0.4) is 0 Å². The lowest BCUT2D eigenvalue weighted by Crippen LogP contribution is -2.15. The van der Waals surface area contributed by atoms with E-state index in [0.29, 0.717) is 12.2 Å². The Hall–Kier alpha value is -1.41. The molecule has 0 aromatic carbocycles. The molecule has 1 aliphatic heterocycles. The van der Waals surface area contributed by atoms with Gasteiger partial charge in [-0.1, -0.05) is 0 Å². The minimum absolute atomic E-state index is 0.0394. The van der Waals surface area contributed by atoms with E-state index in [9.17, 15) is 8.42 Å². The zero-order valence-electron chi connectivity index (χ0n) is 11.0. The number of aryl methyl sites for hydroxylation is 2. The molecule has 1 aliphatic rings. The van der Waals surface area contributed by atoms with Gasteiger partial charge >= 0.3 is 0 Å². The molecule has 20 heavy (non-hydrogen) atoms. The Morgan fingerprint density at radius 3 is 2.85 bits per heavy atom. The molecule has 0 saturated heterocycles. The Labute approximate surface area is 121 Å². The third kappa shape index (κ3) is 2.45. The standard InChI is InChI=1S/C11H14ClN5O2S/c1-8-9(20(12,18)19)6-16(15-8)7-11-14-13-10-4-2-3-5-17(10)11/h6H,2-5,7H2,1H3. The van der Waals surface area contributed by atoms with E-state index in [0.717, 1.165) is 37.5 Å². The van der Waals surface area contributed by atoms with Gasteiger partial charge in [0.1, 0.15) is 17.3 Å². The lowest BCUT2D eigenvalue weighted by atomic mass is 10.2. The molecule has 0 fully saturated rings. The summed E-state index contributed by atoms with van der Waals surface area (Å²) >= 11 is 0. The van der Waals surface area contributed by atoms with Crippen LogP contribution in [0.15, 0.2) is 11.1 Å². The average molecular weight is 316 g/mol. The third-order valence-corrected chi connectivity index (χ3v) is 4.83. The van der Waals surface area contributed by atoms with Crippen molar-refractivity contribution >= 4 is 19.7 Å². The van der Waals surface area contributed by atoms with Gasteiger partial charge in [0.05, 0.1) is 5.69 Å². The summed E-state index contributed by atoms with van der Waals surface area (Å²) in [4.78, 5) is 0.0394. The molecule has 0 saturated carbocycles. The molecule has 3 rings (SSSR count). The second-order valence-corrected chi connectivity index (χ2v) is 7.39. The fourth-order valence-electron chi connectivity index (χ4n) is 2.45. The van der Waals surface area contributed by atoms with Crippen LogP contribution in [0.25, 0.3) is 0 Å². The summed E-state index contributed by atoms with van der Waals surface area (Å²) in [5.41, 5.74) is 0.387. The maximum absolute atomic E-state index is 11.4. The summed E-state index contributed by atoms with van der Waals surface area (Å²) in [6, 6.07) is 0. The van der Waals surface area contributed by atoms with Crippen molar-refractivity contribution in [3.8, 4) is 0 Å². The predicted octanol–water partition coefficient (Wildman–Crippen LogP) is 1.10. The maximum Gasteiger partial charge on any atom is 0.264 e. The van der Waals surface area contributed by atoms with Crippen molar-refractivity contribution in [2.75, 3.05) is 0 Å². The molecule has 2 aromatic rings. The molecule has 3 heterocycles. The van der Waals surface area contributed by atoms with Gasteiger partial charge in [-0.2, -0.15) is 5.10 Å². The highest BCUT2D eigenvalue weighted by molar-refractivity contribution is 8.13. The van der Waals surface area contributed by atoms with Crippen molar-refractivity contribution < 1.29 is 8.42 Å². The van der Waals surface area contributed by atoms with Gasteiger partial charge < -0.3 is 4.57 Å². The van der Waals surface area contributed by atoms with Crippen LogP contribution in [0.1, 0.15) is 30.2 Å². The van der Waals surface area contributed by atoms with Gasteiger partial charge in [0, 0.05) is 29.8 Å². The molecule has 0 spiro atoms. The number of aromatic nitrogens is 5. The fourth-order valence-corrected chi connectivity index (χ4v) is 3.55. The zero-order chi connectivity index (χ0) is 14.3. The second-order valence-electron chi connectivity index (χ2n) is 4.86. The molecular weight excluding hydrogens is 302 g/mol. The number of fused-ring (bicyclic) bond motifs is 1. The minimum atomic E-state index is -3.76. The highest BCUT2D eigenvalue weighted by atomic mass is 35.7. The van der Waals surface area contributed by atoms with Gasteiger partial charge in [-0.25, -0.2) is 8.42 Å². The Bertz CT molecular complexity index is 749. The number of hydrogen-bond donors (Lipinski definition) is 0. The van der Waals surface area contributed by atoms with E-state index in [-0.39, 0.29) is 4.90 Å². The first-order chi connectivity index (χ1) is 9.45. The lowest BCUT2D eigenvalue weighted by Gasteiger charge is -2.14. The molecular formula is C11H14ClN5O2S. The SMILES string of the molecule is Cc1nn(Cc2nnc3n2CCCC3)cc1S(=O)(=O)Cl. The summed E-state index contributed by atoms with van der Waals surface area (Å²) in [6.45, 7) is 2.91. The van der Waals surface area contributed by atoms with Crippen LogP contribution in [0.2, 0.25) is 0 Å². The van der Waals surface area contributed by atoms with Crippen LogP contribution in [-0.2, 0) is 28.6 Å². The van der Waals surface area contributed by atoms with E-state index < -0.39 is 9.05 Å². The van der Waals surface area contributed by atoms with E-state index in [2.05, 4.69) is 19.9 Å². The average Bonchev–Trinajstić information content (AvgIpc) is 2.94. The van der Waals surface area contributed by atoms with Crippen LogP contribution >= 0.6 is 10.7 Å². The Morgan fingerprint density at radius 2 is 2.15 bits per heavy atom. The molecule has 0 atom stereocenters. The van der Waals surface area contributed by atoms with Crippen molar-refractivity contribution in [2.24, 2.45) is 0 Å². The summed E-state index contributed by atoms with van der Waals surface area (Å²) in [5.74, 6) is 1.78. The molecule has 2 aromatic heterocycles. The smallest absolute Gasteiger partial charge is 0.264 e. The first kappa shape index (κ1) is 13.6. The summed E-state index contributed by atoms with van der Waals surface area (Å²) in [5, 5.41) is 12.5. The van der Waals surface area contributed by atoms with E-state index in [1.165, 1.54) is 10.9 Å². The molecule has 0 radical (unpaired) electrons. The van der Waals surface area contributed by atoms with E-state index in [1.807, 2.05) is 0 Å². The van der Waals surface area contributed by atoms with Gasteiger partial charge in [-0.3, -0.25) is 4.68 Å². The first-order valence-corrected chi connectivity index (χ1v) is 8.66.